The fraction of sp³-hybridized carbons (Fsp3) is 0.385. The molecule has 1 aromatic carbocycles. The lowest BCUT2D eigenvalue weighted by atomic mass is 10.1. The zero-order valence-electron chi connectivity index (χ0n) is 10.4. The maximum atomic E-state index is 13.6. The van der Waals surface area contributed by atoms with Crippen molar-refractivity contribution >= 4 is 17.6 Å². The number of hydrogen-bond acceptors (Lipinski definition) is 3. The summed E-state index contributed by atoms with van der Waals surface area (Å²) in [5.41, 5.74) is 0.148. The van der Waals surface area contributed by atoms with E-state index in [0.717, 1.165) is 4.90 Å². The van der Waals surface area contributed by atoms with Crippen LogP contribution in [0.1, 0.15) is 12.8 Å². The number of amides is 1. The minimum absolute atomic E-state index is 0.148. The van der Waals surface area contributed by atoms with Crippen LogP contribution in [-0.4, -0.2) is 36.2 Å². The van der Waals surface area contributed by atoms with Gasteiger partial charge in [0.1, 0.15) is 11.9 Å². The average Bonchev–Trinajstić information content (AvgIpc) is 2.87. The Hall–Kier alpha value is -1.95. The van der Waals surface area contributed by atoms with Gasteiger partial charge in [-0.05, 0) is 25.0 Å². The van der Waals surface area contributed by atoms with Crippen LogP contribution in [0, 0.1) is 5.82 Å². The highest BCUT2D eigenvalue weighted by Gasteiger charge is 2.36. The predicted octanol–water partition coefficient (Wildman–Crippen LogP) is 1.42. The lowest BCUT2D eigenvalue weighted by Gasteiger charge is -2.21. The van der Waals surface area contributed by atoms with E-state index >= 15 is 0 Å². The first-order valence-corrected chi connectivity index (χ1v) is 5.91. The number of benzene rings is 1. The van der Waals surface area contributed by atoms with Gasteiger partial charge >= 0.3 is 5.97 Å². The number of anilines is 1. The van der Waals surface area contributed by atoms with Crippen LogP contribution in [-0.2, 0) is 14.3 Å². The monoisotopic (exact) mass is 267 g/mol. The van der Waals surface area contributed by atoms with E-state index in [9.17, 15) is 14.0 Å². The lowest BCUT2D eigenvalue weighted by Crippen LogP contribution is -2.37. The van der Waals surface area contributed by atoms with Crippen LogP contribution in [0.15, 0.2) is 24.3 Å². The summed E-state index contributed by atoms with van der Waals surface area (Å²) in [5, 5.41) is 8.80. The zero-order chi connectivity index (χ0) is 14.0. The van der Waals surface area contributed by atoms with Gasteiger partial charge in [-0.1, -0.05) is 12.1 Å². The van der Waals surface area contributed by atoms with Gasteiger partial charge in [0.2, 0.25) is 0 Å². The third-order valence-electron chi connectivity index (χ3n) is 3.11. The number of carboxylic acid groups (broad SMARTS) is 1. The molecule has 2 unspecified atom stereocenters. The molecular formula is C13H14FNO4. The van der Waals surface area contributed by atoms with E-state index in [2.05, 4.69) is 0 Å². The van der Waals surface area contributed by atoms with Crippen molar-refractivity contribution in [2.75, 3.05) is 11.9 Å². The predicted molar refractivity (Wildman–Crippen MR) is 65.3 cm³/mol. The first kappa shape index (κ1) is 13.5. The van der Waals surface area contributed by atoms with Gasteiger partial charge in [-0.25, -0.2) is 9.18 Å². The molecule has 6 heteroatoms. The highest BCUT2D eigenvalue weighted by Crippen LogP contribution is 2.24. The second-order valence-corrected chi connectivity index (χ2v) is 4.38. The molecule has 0 radical (unpaired) electrons. The zero-order valence-corrected chi connectivity index (χ0v) is 10.4. The van der Waals surface area contributed by atoms with Crippen LogP contribution in [0.3, 0.4) is 0 Å². The van der Waals surface area contributed by atoms with Gasteiger partial charge < -0.3 is 14.7 Å². The number of carbonyl (C=O) groups is 2. The minimum atomic E-state index is -1.08. The average molecular weight is 267 g/mol. The van der Waals surface area contributed by atoms with Crippen molar-refractivity contribution in [3.63, 3.8) is 0 Å². The summed E-state index contributed by atoms with van der Waals surface area (Å²) < 4.78 is 18.7. The Labute approximate surface area is 109 Å². The summed E-state index contributed by atoms with van der Waals surface area (Å²) in [4.78, 5) is 24.0. The number of para-hydroxylation sites is 1. The molecular weight excluding hydrogens is 253 g/mol. The molecule has 102 valence electrons. The number of carboxylic acids is 1. The Balaban J connectivity index is 2.09. The Morgan fingerprint density at radius 3 is 2.53 bits per heavy atom. The molecule has 0 aliphatic carbocycles. The third kappa shape index (κ3) is 2.73. The van der Waals surface area contributed by atoms with Crippen molar-refractivity contribution in [1.29, 1.82) is 0 Å². The summed E-state index contributed by atoms with van der Waals surface area (Å²) in [6.07, 6.45) is -1.17. The van der Waals surface area contributed by atoms with E-state index in [1.165, 1.54) is 25.2 Å². The van der Waals surface area contributed by atoms with Gasteiger partial charge in [0.15, 0.2) is 6.10 Å². The van der Waals surface area contributed by atoms with E-state index in [4.69, 9.17) is 9.84 Å². The van der Waals surface area contributed by atoms with Crippen LogP contribution >= 0.6 is 0 Å². The molecule has 0 spiro atoms. The maximum absolute atomic E-state index is 13.6. The van der Waals surface area contributed by atoms with Gasteiger partial charge in [-0.2, -0.15) is 0 Å². The standard InChI is InChI=1S/C13H14FNO4/c1-15(9-5-3-2-4-8(9)14)12(16)10-6-7-11(19-10)13(17)18/h2-5,10-11H,6-7H2,1H3,(H,17,18). The van der Waals surface area contributed by atoms with Crippen molar-refractivity contribution in [1.82, 2.24) is 0 Å². The van der Waals surface area contributed by atoms with Crippen LogP contribution in [0.2, 0.25) is 0 Å². The summed E-state index contributed by atoms with van der Waals surface area (Å²) in [7, 11) is 1.44. The van der Waals surface area contributed by atoms with E-state index in [0.29, 0.717) is 6.42 Å². The lowest BCUT2D eigenvalue weighted by molar-refractivity contribution is -0.151. The summed E-state index contributed by atoms with van der Waals surface area (Å²) in [6.45, 7) is 0. The number of likely N-dealkylation sites (N-methyl/N-ethyl adjacent to an activating group) is 1. The Morgan fingerprint density at radius 2 is 1.95 bits per heavy atom. The number of nitrogens with zero attached hydrogens (tertiary/aromatic N) is 1. The molecule has 1 saturated heterocycles. The number of ether oxygens (including phenoxy) is 1. The van der Waals surface area contributed by atoms with Crippen molar-refractivity contribution in [2.24, 2.45) is 0 Å². The molecule has 0 aromatic heterocycles. The second-order valence-electron chi connectivity index (χ2n) is 4.38. The number of hydrogen-bond donors (Lipinski definition) is 1. The highest BCUT2D eigenvalue weighted by molar-refractivity contribution is 5.96. The van der Waals surface area contributed by atoms with Gasteiger partial charge in [0.25, 0.3) is 5.91 Å². The molecule has 1 N–H and O–H groups in total. The maximum Gasteiger partial charge on any atom is 0.332 e. The molecule has 1 heterocycles. The summed E-state index contributed by atoms with van der Waals surface area (Å²) in [5.74, 6) is -2.02. The Bertz CT molecular complexity index is 505. The number of carbonyl (C=O) groups excluding carboxylic acids is 1. The SMILES string of the molecule is CN(C(=O)C1CCC(C(=O)O)O1)c1ccccc1F. The Morgan fingerprint density at radius 1 is 1.32 bits per heavy atom. The van der Waals surface area contributed by atoms with Gasteiger partial charge in [-0.3, -0.25) is 4.79 Å². The smallest absolute Gasteiger partial charge is 0.332 e. The molecule has 1 aliphatic rings. The van der Waals surface area contributed by atoms with Crippen LogP contribution in [0.4, 0.5) is 10.1 Å². The third-order valence-corrected chi connectivity index (χ3v) is 3.11. The molecule has 1 amide bonds. The van der Waals surface area contributed by atoms with Crippen LogP contribution in [0.5, 0.6) is 0 Å². The molecule has 0 saturated carbocycles. The van der Waals surface area contributed by atoms with Crippen molar-refractivity contribution in [3.05, 3.63) is 30.1 Å². The first-order chi connectivity index (χ1) is 9.00. The molecule has 19 heavy (non-hydrogen) atoms. The van der Waals surface area contributed by atoms with E-state index in [1.54, 1.807) is 6.07 Å². The summed E-state index contributed by atoms with van der Waals surface area (Å²) in [6, 6.07) is 5.90. The Kier molecular flexibility index (Phi) is 3.80. The van der Waals surface area contributed by atoms with Crippen molar-refractivity contribution in [3.8, 4) is 0 Å². The van der Waals surface area contributed by atoms with Gasteiger partial charge in [-0.15, -0.1) is 0 Å². The molecule has 2 rings (SSSR count). The molecule has 2 atom stereocenters. The topological polar surface area (TPSA) is 66.8 Å². The van der Waals surface area contributed by atoms with Gasteiger partial charge in [0.05, 0.1) is 5.69 Å². The first-order valence-electron chi connectivity index (χ1n) is 5.91. The number of rotatable bonds is 3. The number of aliphatic carboxylic acids is 1. The molecule has 0 bridgehead atoms. The second kappa shape index (κ2) is 5.36. The van der Waals surface area contributed by atoms with Gasteiger partial charge in [0, 0.05) is 7.05 Å². The normalized spacial score (nSPS) is 22.2. The molecule has 5 nitrogen and oxygen atoms in total. The fourth-order valence-electron chi connectivity index (χ4n) is 2.06. The van der Waals surface area contributed by atoms with E-state index in [1.807, 2.05) is 0 Å². The highest BCUT2D eigenvalue weighted by atomic mass is 19.1. The molecule has 1 aromatic rings. The van der Waals surface area contributed by atoms with Crippen molar-refractivity contribution in [2.45, 2.75) is 25.0 Å². The molecule has 1 aliphatic heterocycles. The van der Waals surface area contributed by atoms with Crippen LogP contribution < -0.4 is 4.90 Å². The van der Waals surface area contributed by atoms with Crippen LogP contribution in [0.25, 0.3) is 0 Å². The van der Waals surface area contributed by atoms with Crippen molar-refractivity contribution < 1.29 is 23.8 Å². The number of halogens is 1. The van der Waals surface area contributed by atoms with E-state index in [-0.39, 0.29) is 12.1 Å². The molecule has 1 fully saturated rings. The fourth-order valence-corrected chi connectivity index (χ4v) is 2.06. The quantitative estimate of drug-likeness (QED) is 0.899. The minimum Gasteiger partial charge on any atom is -0.479 e. The summed E-state index contributed by atoms with van der Waals surface area (Å²) >= 11 is 0. The largest absolute Gasteiger partial charge is 0.479 e. The van der Waals surface area contributed by atoms with E-state index < -0.39 is 29.9 Å².